The van der Waals surface area contributed by atoms with Gasteiger partial charge in [0.2, 0.25) is 0 Å². The first-order valence-electron chi connectivity index (χ1n) is 5.41. The third-order valence-corrected chi connectivity index (χ3v) is 3.52. The van der Waals surface area contributed by atoms with Crippen LogP contribution in [0, 0.1) is 10.1 Å². The fourth-order valence-electron chi connectivity index (χ4n) is 1.76. The molecule has 100 valence electrons. The highest BCUT2D eigenvalue weighted by Crippen LogP contribution is 2.23. The fourth-order valence-corrected chi connectivity index (χ4v) is 2.46. The van der Waals surface area contributed by atoms with Gasteiger partial charge in [0, 0.05) is 31.1 Å². The molecule has 2 heterocycles. The van der Waals surface area contributed by atoms with Crippen LogP contribution in [-0.2, 0) is 0 Å². The zero-order valence-corrected chi connectivity index (χ0v) is 11.3. The number of nitrogens with one attached hydrogen (secondary N) is 1. The Kier molecular flexibility index (Phi) is 5.52. The van der Waals surface area contributed by atoms with Gasteiger partial charge < -0.3 is 10.2 Å². The Balaban J connectivity index is 0.00000162. The third-order valence-electron chi connectivity index (χ3n) is 2.64. The average Bonchev–Trinajstić information content (AvgIpc) is 2.65. The standard InChI is InChI=1S/C10H13N3O3S.ClH/c14-10(12-4-1-2-11-3-5-12)8-6-9(13(15)16)17-7-8;/h6-7,11H,1-5H2;1H. The Labute approximate surface area is 115 Å². The van der Waals surface area contributed by atoms with Crippen LogP contribution in [0.3, 0.4) is 0 Å². The molecule has 1 aliphatic heterocycles. The van der Waals surface area contributed by atoms with Gasteiger partial charge >= 0.3 is 5.00 Å². The molecule has 2 rings (SSSR count). The van der Waals surface area contributed by atoms with Crippen molar-refractivity contribution in [1.29, 1.82) is 0 Å². The molecular weight excluding hydrogens is 278 g/mol. The summed E-state index contributed by atoms with van der Waals surface area (Å²) in [5.41, 5.74) is 0.420. The minimum Gasteiger partial charge on any atom is -0.337 e. The number of hydrogen-bond acceptors (Lipinski definition) is 5. The van der Waals surface area contributed by atoms with Gasteiger partial charge in [0.05, 0.1) is 10.5 Å². The molecule has 1 aromatic rings. The maximum absolute atomic E-state index is 12.1. The molecule has 1 amide bonds. The van der Waals surface area contributed by atoms with E-state index in [9.17, 15) is 14.9 Å². The lowest BCUT2D eigenvalue weighted by Crippen LogP contribution is -2.33. The SMILES string of the molecule is Cl.O=C(c1csc([N+](=O)[O-])c1)N1CCCNCC1. The summed E-state index contributed by atoms with van der Waals surface area (Å²) in [4.78, 5) is 23.9. The molecule has 0 atom stereocenters. The topological polar surface area (TPSA) is 75.5 Å². The second-order valence-electron chi connectivity index (χ2n) is 3.83. The molecule has 0 spiro atoms. The summed E-state index contributed by atoms with van der Waals surface area (Å²) in [7, 11) is 0. The fraction of sp³-hybridized carbons (Fsp3) is 0.500. The van der Waals surface area contributed by atoms with Gasteiger partial charge in [-0.1, -0.05) is 11.3 Å². The summed E-state index contributed by atoms with van der Waals surface area (Å²) in [6, 6.07) is 1.35. The minimum atomic E-state index is -0.467. The van der Waals surface area contributed by atoms with E-state index in [0.717, 1.165) is 30.8 Å². The van der Waals surface area contributed by atoms with Crippen LogP contribution in [0.4, 0.5) is 5.00 Å². The smallest absolute Gasteiger partial charge is 0.324 e. The lowest BCUT2D eigenvalue weighted by molar-refractivity contribution is -0.380. The van der Waals surface area contributed by atoms with Crippen molar-refractivity contribution >= 4 is 34.7 Å². The lowest BCUT2D eigenvalue weighted by Gasteiger charge is -2.18. The predicted molar refractivity (Wildman–Crippen MR) is 71.6 cm³/mol. The summed E-state index contributed by atoms with van der Waals surface area (Å²) in [5.74, 6) is -0.113. The van der Waals surface area contributed by atoms with E-state index in [1.54, 1.807) is 10.3 Å². The van der Waals surface area contributed by atoms with Gasteiger partial charge in [-0.15, -0.1) is 12.4 Å². The maximum atomic E-state index is 12.1. The van der Waals surface area contributed by atoms with Crippen LogP contribution in [0.25, 0.3) is 0 Å². The molecule has 0 bridgehead atoms. The van der Waals surface area contributed by atoms with Gasteiger partial charge in [-0.05, 0) is 13.0 Å². The molecule has 1 aliphatic rings. The van der Waals surface area contributed by atoms with Crippen molar-refractivity contribution in [2.45, 2.75) is 6.42 Å². The summed E-state index contributed by atoms with van der Waals surface area (Å²) in [5, 5.41) is 15.3. The Bertz CT molecular complexity index is 430. The van der Waals surface area contributed by atoms with Crippen LogP contribution in [0.1, 0.15) is 16.8 Å². The van der Waals surface area contributed by atoms with E-state index >= 15 is 0 Å². The van der Waals surface area contributed by atoms with Gasteiger partial charge in [-0.2, -0.15) is 0 Å². The number of nitrogens with zero attached hydrogens (tertiary/aromatic N) is 2. The van der Waals surface area contributed by atoms with Crippen molar-refractivity contribution in [3.8, 4) is 0 Å². The second kappa shape index (κ2) is 6.67. The molecule has 0 aromatic carbocycles. The highest BCUT2D eigenvalue weighted by Gasteiger charge is 2.20. The predicted octanol–water partition coefficient (Wildman–Crippen LogP) is 1.51. The maximum Gasteiger partial charge on any atom is 0.324 e. The monoisotopic (exact) mass is 291 g/mol. The molecule has 1 aromatic heterocycles. The van der Waals surface area contributed by atoms with E-state index in [1.807, 2.05) is 0 Å². The summed E-state index contributed by atoms with van der Waals surface area (Å²) in [6.45, 7) is 3.05. The van der Waals surface area contributed by atoms with Gasteiger partial charge in [-0.3, -0.25) is 14.9 Å². The lowest BCUT2D eigenvalue weighted by atomic mass is 10.2. The molecule has 0 radical (unpaired) electrons. The minimum absolute atomic E-state index is 0. The van der Waals surface area contributed by atoms with Gasteiger partial charge in [-0.25, -0.2) is 0 Å². The molecule has 0 unspecified atom stereocenters. The number of hydrogen-bond donors (Lipinski definition) is 1. The number of amides is 1. The van der Waals surface area contributed by atoms with Gasteiger partial charge in [0.15, 0.2) is 0 Å². The summed E-state index contributed by atoms with van der Waals surface area (Å²) < 4.78 is 0. The van der Waals surface area contributed by atoms with Crippen molar-refractivity contribution in [2.24, 2.45) is 0 Å². The second-order valence-corrected chi connectivity index (χ2v) is 4.72. The Morgan fingerprint density at radius 1 is 1.44 bits per heavy atom. The van der Waals surface area contributed by atoms with E-state index in [-0.39, 0.29) is 23.3 Å². The first-order valence-corrected chi connectivity index (χ1v) is 6.29. The number of rotatable bonds is 2. The number of carbonyl (C=O) groups excluding carboxylic acids is 1. The van der Waals surface area contributed by atoms with Crippen LogP contribution in [0.5, 0.6) is 0 Å². The van der Waals surface area contributed by atoms with E-state index in [0.29, 0.717) is 18.7 Å². The van der Waals surface area contributed by atoms with Crippen LogP contribution >= 0.6 is 23.7 Å². The molecule has 1 fully saturated rings. The normalized spacial score (nSPS) is 15.7. The Morgan fingerprint density at radius 3 is 2.89 bits per heavy atom. The molecule has 0 saturated carbocycles. The highest BCUT2D eigenvalue weighted by molar-refractivity contribution is 7.13. The van der Waals surface area contributed by atoms with E-state index in [4.69, 9.17) is 0 Å². The van der Waals surface area contributed by atoms with Gasteiger partial charge in [0.25, 0.3) is 5.91 Å². The van der Waals surface area contributed by atoms with Crippen molar-refractivity contribution in [3.63, 3.8) is 0 Å². The molecule has 6 nitrogen and oxygen atoms in total. The Hall–Kier alpha value is -1.18. The largest absolute Gasteiger partial charge is 0.337 e. The molecule has 18 heavy (non-hydrogen) atoms. The van der Waals surface area contributed by atoms with Gasteiger partial charge in [0.1, 0.15) is 0 Å². The van der Waals surface area contributed by atoms with Crippen molar-refractivity contribution in [1.82, 2.24) is 10.2 Å². The number of halogens is 1. The van der Waals surface area contributed by atoms with Crippen molar-refractivity contribution in [2.75, 3.05) is 26.2 Å². The highest BCUT2D eigenvalue weighted by atomic mass is 35.5. The first-order chi connectivity index (χ1) is 8.18. The quantitative estimate of drug-likeness (QED) is 0.662. The summed E-state index contributed by atoms with van der Waals surface area (Å²) >= 11 is 0.993. The van der Waals surface area contributed by atoms with E-state index in [1.165, 1.54) is 6.07 Å². The van der Waals surface area contributed by atoms with E-state index in [2.05, 4.69) is 5.32 Å². The number of nitro groups is 1. The van der Waals surface area contributed by atoms with Crippen molar-refractivity contribution < 1.29 is 9.72 Å². The van der Waals surface area contributed by atoms with Crippen LogP contribution in [-0.4, -0.2) is 41.9 Å². The third kappa shape index (κ3) is 3.41. The molecule has 0 aliphatic carbocycles. The van der Waals surface area contributed by atoms with Crippen LogP contribution in [0.2, 0.25) is 0 Å². The van der Waals surface area contributed by atoms with Crippen LogP contribution in [0.15, 0.2) is 11.4 Å². The first kappa shape index (κ1) is 14.9. The average molecular weight is 292 g/mol. The Morgan fingerprint density at radius 2 is 2.22 bits per heavy atom. The molecule has 8 heteroatoms. The molecule has 1 N–H and O–H groups in total. The number of thiophene rings is 1. The molecular formula is C10H14ClN3O3S. The number of carbonyl (C=O) groups is 1. The van der Waals surface area contributed by atoms with Crippen LogP contribution < -0.4 is 5.32 Å². The van der Waals surface area contributed by atoms with Crippen molar-refractivity contribution in [3.05, 3.63) is 27.1 Å². The zero-order valence-electron chi connectivity index (χ0n) is 9.63. The van der Waals surface area contributed by atoms with E-state index < -0.39 is 4.92 Å². The summed E-state index contributed by atoms with van der Waals surface area (Å²) in [6.07, 6.45) is 0.915. The zero-order chi connectivity index (χ0) is 12.3. The molecule has 1 saturated heterocycles.